The molecule has 2 aliphatic heterocycles. The van der Waals surface area contributed by atoms with Crippen molar-refractivity contribution >= 4 is 17.6 Å². The highest BCUT2D eigenvalue weighted by molar-refractivity contribution is 7.99. The van der Waals surface area contributed by atoms with E-state index in [0.29, 0.717) is 5.25 Å². The van der Waals surface area contributed by atoms with Gasteiger partial charge in [-0.2, -0.15) is 0 Å². The number of morpholine rings is 1. The fourth-order valence-electron chi connectivity index (χ4n) is 3.34. The summed E-state index contributed by atoms with van der Waals surface area (Å²) in [4.78, 5) is 8.48. The van der Waals surface area contributed by atoms with E-state index in [4.69, 9.17) is 14.5 Å². The van der Waals surface area contributed by atoms with Gasteiger partial charge in [-0.15, -0.1) is 11.8 Å². The molecule has 132 valence electrons. The Bertz CT molecular complexity index is 731. The quantitative estimate of drug-likeness (QED) is 0.824. The van der Waals surface area contributed by atoms with Gasteiger partial charge >= 0.3 is 0 Å². The smallest absolute Gasteiger partial charge is 0.130 e. The average Bonchev–Trinajstić information content (AvgIpc) is 2.69. The van der Waals surface area contributed by atoms with Gasteiger partial charge in [0.15, 0.2) is 0 Å². The van der Waals surface area contributed by atoms with E-state index in [0.717, 1.165) is 63.0 Å². The second kappa shape index (κ2) is 7.67. The molecular weight excluding hydrogens is 332 g/mol. The van der Waals surface area contributed by atoms with E-state index in [1.807, 2.05) is 17.8 Å². The minimum absolute atomic E-state index is 0.439. The second-order valence-corrected chi connectivity index (χ2v) is 7.66. The lowest BCUT2D eigenvalue weighted by molar-refractivity contribution is 0.122. The summed E-state index contributed by atoms with van der Waals surface area (Å²) in [5, 5.41) is 0.439. The maximum absolute atomic E-state index is 5.81. The number of hydrogen-bond donors (Lipinski definition) is 0. The van der Waals surface area contributed by atoms with Crippen molar-refractivity contribution in [2.75, 3.05) is 37.8 Å². The molecule has 0 bridgehead atoms. The lowest BCUT2D eigenvalue weighted by atomic mass is 10.1. The molecule has 1 unspecified atom stereocenters. The largest absolute Gasteiger partial charge is 0.493 e. The van der Waals surface area contributed by atoms with Gasteiger partial charge < -0.3 is 14.4 Å². The summed E-state index contributed by atoms with van der Waals surface area (Å²) in [6.07, 6.45) is 1.99. The monoisotopic (exact) mass is 356 g/mol. The first-order chi connectivity index (χ1) is 12.3. The summed E-state index contributed by atoms with van der Waals surface area (Å²) in [6.45, 7) is 6.37. The van der Waals surface area contributed by atoms with Crippen LogP contribution in [0.3, 0.4) is 0 Å². The van der Waals surface area contributed by atoms with Crippen molar-refractivity contribution in [1.29, 1.82) is 0 Å². The van der Waals surface area contributed by atoms with Gasteiger partial charge in [-0.3, -0.25) is 0 Å². The van der Waals surface area contributed by atoms with E-state index < -0.39 is 0 Å². The third-order valence-corrected chi connectivity index (χ3v) is 6.00. The zero-order valence-corrected chi connectivity index (χ0v) is 15.4. The molecule has 0 amide bonds. The maximum atomic E-state index is 5.81. The Kier molecular flexibility index (Phi) is 5.13. The van der Waals surface area contributed by atoms with Crippen LogP contribution in [0.1, 0.15) is 29.9 Å². The number of pyridine rings is 1. The zero-order chi connectivity index (χ0) is 17.1. The highest BCUT2D eigenvalue weighted by Gasteiger charge is 2.23. The van der Waals surface area contributed by atoms with Crippen LogP contribution < -0.4 is 9.64 Å². The minimum atomic E-state index is 0.439. The molecule has 1 aromatic carbocycles. The summed E-state index contributed by atoms with van der Waals surface area (Å²) in [6, 6.07) is 12.9. The molecule has 0 radical (unpaired) electrons. The van der Waals surface area contributed by atoms with Crippen LogP contribution >= 0.6 is 11.8 Å². The predicted octanol–water partition coefficient (Wildman–Crippen LogP) is 4.10. The van der Waals surface area contributed by atoms with E-state index in [1.54, 1.807) is 0 Å². The Balaban J connectivity index is 1.60. The van der Waals surface area contributed by atoms with E-state index in [1.165, 1.54) is 10.5 Å². The lowest BCUT2D eigenvalue weighted by Gasteiger charge is -2.29. The average molecular weight is 356 g/mol. The third-order valence-electron chi connectivity index (χ3n) is 4.72. The van der Waals surface area contributed by atoms with Gasteiger partial charge in [0.2, 0.25) is 0 Å². The second-order valence-electron chi connectivity index (χ2n) is 6.39. The van der Waals surface area contributed by atoms with Gasteiger partial charge in [0.25, 0.3) is 0 Å². The molecule has 1 saturated heterocycles. The number of benzene rings is 1. The molecule has 3 heterocycles. The summed E-state index contributed by atoms with van der Waals surface area (Å²) >= 11 is 1.94. The molecule has 2 aromatic rings. The number of thioether (sulfide) groups is 1. The van der Waals surface area contributed by atoms with Crippen LogP contribution in [-0.4, -0.2) is 37.9 Å². The van der Waals surface area contributed by atoms with Crippen LogP contribution in [-0.2, 0) is 11.2 Å². The van der Waals surface area contributed by atoms with Crippen molar-refractivity contribution in [2.45, 2.75) is 29.9 Å². The van der Waals surface area contributed by atoms with Crippen LogP contribution in [0.25, 0.3) is 0 Å². The first kappa shape index (κ1) is 16.7. The molecule has 25 heavy (non-hydrogen) atoms. The van der Waals surface area contributed by atoms with Crippen molar-refractivity contribution in [1.82, 2.24) is 4.98 Å². The van der Waals surface area contributed by atoms with E-state index in [2.05, 4.69) is 42.2 Å². The van der Waals surface area contributed by atoms with Gasteiger partial charge in [0, 0.05) is 34.5 Å². The van der Waals surface area contributed by atoms with Gasteiger partial charge in [0.05, 0.1) is 19.8 Å². The number of aryl methyl sites for hydroxylation is 1. The summed E-state index contributed by atoms with van der Waals surface area (Å²) in [7, 11) is 0. The molecule has 1 fully saturated rings. The van der Waals surface area contributed by atoms with Crippen molar-refractivity contribution in [2.24, 2.45) is 0 Å². The SMILES string of the molecule is CCc1cc(SC2CCOc3ccccc32)cc(N2CCOCC2)n1. The maximum Gasteiger partial charge on any atom is 0.130 e. The Hall–Kier alpha value is -1.72. The molecule has 4 rings (SSSR count). The Morgan fingerprint density at radius 1 is 1.16 bits per heavy atom. The van der Waals surface area contributed by atoms with Gasteiger partial charge in [0.1, 0.15) is 11.6 Å². The molecule has 1 aromatic heterocycles. The Morgan fingerprint density at radius 3 is 2.84 bits per heavy atom. The van der Waals surface area contributed by atoms with Crippen LogP contribution in [0.5, 0.6) is 5.75 Å². The van der Waals surface area contributed by atoms with Crippen molar-refractivity contribution < 1.29 is 9.47 Å². The van der Waals surface area contributed by atoms with E-state index in [-0.39, 0.29) is 0 Å². The summed E-state index contributed by atoms with van der Waals surface area (Å²) in [5.74, 6) is 2.12. The van der Waals surface area contributed by atoms with E-state index >= 15 is 0 Å². The number of ether oxygens (including phenoxy) is 2. The molecule has 0 saturated carbocycles. The van der Waals surface area contributed by atoms with Crippen LogP contribution in [0, 0.1) is 0 Å². The lowest BCUT2D eigenvalue weighted by Crippen LogP contribution is -2.36. The first-order valence-electron chi connectivity index (χ1n) is 9.05. The zero-order valence-electron chi connectivity index (χ0n) is 14.6. The summed E-state index contributed by atoms with van der Waals surface area (Å²) < 4.78 is 11.3. The highest BCUT2D eigenvalue weighted by Crippen LogP contribution is 2.44. The van der Waals surface area contributed by atoms with Gasteiger partial charge in [-0.25, -0.2) is 4.98 Å². The Labute approximate surface area is 153 Å². The molecule has 0 spiro atoms. The molecule has 0 N–H and O–H groups in total. The third kappa shape index (κ3) is 3.77. The van der Waals surface area contributed by atoms with Crippen LogP contribution in [0.2, 0.25) is 0 Å². The van der Waals surface area contributed by atoms with Crippen molar-refractivity contribution in [3.8, 4) is 5.75 Å². The standard InChI is InChI=1S/C20H24N2O2S/c1-2-15-13-16(14-20(21-15)22-8-11-23-12-9-22)25-19-7-10-24-18-6-4-3-5-17(18)19/h3-6,13-14,19H,2,7-12H2,1H3. The molecule has 0 aliphatic carbocycles. The number of nitrogens with zero attached hydrogens (tertiary/aromatic N) is 2. The number of aromatic nitrogens is 1. The Morgan fingerprint density at radius 2 is 2.00 bits per heavy atom. The van der Waals surface area contributed by atoms with E-state index in [9.17, 15) is 0 Å². The van der Waals surface area contributed by atoms with Gasteiger partial charge in [-0.1, -0.05) is 25.1 Å². The predicted molar refractivity (Wildman–Crippen MR) is 102 cm³/mol. The number of hydrogen-bond acceptors (Lipinski definition) is 5. The molecule has 1 atom stereocenters. The molecule has 5 heteroatoms. The van der Waals surface area contributed by atoms with Crippen molar-refractivity contribution in [3.05, 3.63) is 47.7 Å². The van der Waals surface area contributed by atoms with Crippen LogP contribution in [0.4, 0.5) is 5.82 Å². The topological polar surface area (TPSA) is 34.6 Å². The summed E-state index contributed by atoms with van der Waals surface area (Å²) in [5.41, 5.74) is 2.47. The fraction of sp³-hybridized carbons (Fsp3) is 0.450. The number of rotatable bonds is 4. The first-order valence-corrected chi connectivity index (χ1v) is 9.93. The molecular formula is C20H24N2O2S. The highest BCUT2D eigenvalue weighted by atomic mass is 32.2. The normalized spacial score (nSPS) is 20.0. The number of para-hydroxylation sites is 1. The fourth-order valence-corrected chi connectivity index (χ4v) is 4.59. The molecule has 2 aliphatic rings. The number of anilines is 1. The van der Waals surface area contributed by atoms with Crippen LogP contribution in [0.15, 0.2) is 41.3 Å². The van der Waals surface area contributed by atoms with Gasteiger partial charge in [-0.05, 0) is 31.0 Å². The minimum Gasteiger partial charge on any atom is -0.493 e. The number of fused-ring (bicyclic) bond motifs is 1. The van der Waals surface area contributed by atoms with Crippen molar-refractivity contribution in [3.63, 3.8) is 0 Å². The molecule has 4 nitrogen and oxygen atoms in total.